The molecule has 0 amide bonds. The number of hydrogen-bond donors (Lipinski definition) is 1. The van der Waals surface area contributed by atoms with Crippen molar-refractivity contribution in [2.75, 3.05) is 5.32 Å². The molecule has 1 N–H and O–H groups in total. The van der Waals surface area contributed by atoms with Crippen LogP contribution >= 0.6 is 22.9 Å². The Bertz CT molecular complexity index is 494. The maximum absolute atomic E-state index is 5.83. The van der Waals surface area contributed by atoms with Gasteiger partial charge in [0.15, 0.2) is 0 Å². The molecule has 0 saturated heterocycles. The van der Waals surface area contributed by atoms with Crippen LogP contribution in [-0.4, -0.2) is 16.0 Å². The predicted molar refractivity (Wildman–Crippen MR) is 65.7 cm³/mol. The highest BCUT2D eigenvalue weighted by Gasteiger charge is 2.08. The number of thiophene rings is 1. The molecule has 2 heterocycles. The van der Waals surface area contributed by atoms with Crippen LogP contribution in [0.3, 0.4) is 0 Å². The molecular formula is C10H10ClN3S. The molecule has 1 atom stereocenters. The molecule has 0 aliphatic rings. The second-order valence-corrected chi connectivity index (χ2v) is 4.38. The average molecular weight is 240 g/mol. The monoisotopic (exact) mass is 239 g/mol. The lowest BCUT2D eigenvalue weighted by Gasteiger charge is -2.10. The topological polar surface area (TPSA) is 37.8 Å². The molecule has 0 saturated carbocycles. The van der Waals surface area contributed by atoms with E-state index in [1.54, 1.807) is 11.3 Å². The van der Waals surface area contributed by atoms with Crippen LogP contribution in [0.1, 0.15) is 6.92 Å². The summed E-state index contributed by atoms with van der Waals surface area (Å²) in [5.41, 5.74) is 0. The third-order valence-electron chi connectivity index (χ3n) is 2.02. The molecule has 5 heteroatoms. The number of halogens is 1. The van der Waals surface area contributed by atoms with Gasteiger partial charge in [-0.3, -0.25) is 0 Å². The summed E-state index contributed by atoms with van der Waals surface area (Å²) in [6, 6.07) is 2.13. The van der Waals surface area contributed by atoms with Gasteiger partial charge in [-0.25, -0.2) is 9.97 Å². The van der Waals surface area contributed by atoms with E-state index in [0.717, 1.165) is 16.0 Å². The molecule has 0 radical (unpaired) electrons. The Labute approximate surface area is 96.8 Å². The lowest BCUT2D eigenvalue weighted by atomic mass is 10.3. The van der Waals surface area contributed by atoms with Crippen molar-refractivity contribution < 1.29 is 0 Å². The van der Waals surface area contributed by atoms with E-state index >= 15 is 0 Å². The predicted octanol–water partition coefficient (Wildman–Crippen LogP) is 3.33. The van der Waals surface area contributed by atoms with Crippen LogP contribution in [0.2, 0.25) is 5.28 Å². The Hall–Kier alpha value is -1.13. The Morgan fingerprint density at radius 2 is 2.40 bits per heavy atom. The lowest BCUT2D eigenvalue weighted by molar-refractivity contribution is 0.985. The highest BCUT2D eigenvalue weighted by Crippen LogP contribution is 2.26. The normalized spacial score (nSPS) is 12.7. The minimum atomic E-state index is 0.152. The van der Waals surface area contributed by atoms with Crippen molar-refractivity contribution >= 4 is 39.0 Å². The lowest BCUT2D eigenvalue weighted by Crippen LogP contribution is -2.12. The zero-order valence-corrected chi connectivity index (χ0v) is 9.77. The van der Waals surface area contributed by atoms with E-state index in [9.17, 15) is 0 Å². The first-order chi connectivity index (χ1) is 7.20. The largest absolute Gasteiger partial charge is 0.363 e. The van der Waals surface area contributed by atoms with Crippen molar-refractivity contribution in [3.05, 3.63) is 29.4 Å². The summed E-state index contributed by atoms with van der Waals surface area (Å²) in [5.74, 6) is 0.763. The van der Waals surface area contributed by atoms with E-state index in [0.29, 0.717) is 0 Å². The van der Waals surface area contributed by atoms with Crippen LogP contribution < -0.4 is 5.32 Å². The summed E-state index contributed by atoms with van der Waals surface area (Å²) in [6.07, 6.45) is 1.81. The minimum Gasteiger partial charge on any atom is -0.363 e. The molecule has 78 valence electrons. The van der Waals surface area contributed by atoms with Crippen LogP contribution in [0.5, 0.6) is 0 Å². The summed E-state index contributed by atoms with van der Waals surface area (Å²) in [4.78, 5) is 9.20. The van der Waals surface area contributed by atoms with Gasteiger partial charge in [0.1, 0.15) is 10.6 Å². The van der Waals surface area contributed by atoms with Crippen molar-refractivity contribution in [2.45, 2.75) is 13.0 Å². The SMILES string of the molecule is C=CC(C)Nc1nc(Cl)nc2sccc12. The summed E-state index contributed by atoms with van der Waals surface area (Å²) in [6.45, 7) is 5.71. The van der Waals surface area contributed by atoms with Gasteiger partial charge in [-0.1, -0.05) is 6.08 Å². The van der Waals surface area contributed by atoms with Gasteiger partial charge in [0.25, 0.3) is 0 Å². The minimum absolute atomic E-state index is 0.152. The van der Waals surface area contributed by atoms with E-state index in [1.807, 2.05) is 24.4 Å². The zero-order valence-electron chi connectivity index (χ0n) is 8.20. The van der Waals surface area contributed by atoms with Gasteiger partial charge in [0.2, 0.25) is 5.28 Å². The first-order valence-electron chi connectivity index (χ1n) is 4.50. The molecule has 2 rings (SSSR count). The number of rotatable bonds is 3. The van der Waals surface area contributed by atoms with Crippen molar-refractivity contribution in [2.24, 2.45) is 0 Å². The summed E-state index contributed by atoms with van der Waals surface area (Å²) < 4.78 is 0. The van der Waals surface area contributed by atoms with Gasteiger partial charge < -0.3 is 5.32 Å². The second-order valence-electron chi connectivity index (χ2n) is 3.15. The Morgan fingerprint density at radius 1 is 1.60 bits per heavy atom. The van der Waals surface area contributed by atoms with Crippen molar-refractivity contribution in [1.82, 2.24) is 9.97 Å². The van der Waals surface area contributed by atoms with E-state index in [4.69, 9.17) is 11.6 Å². The third kappa shape index (κ3) is 2.11. The molecule has 0 aromatic carbocycles. The maximum Gasteiger partial charge on any atom is 0.225 e. The van der Waals surface area contributed by atoms with Gasteiger partial charge in [-0.05, 0) is 30.0 Å². The van der Waals surface area contributed by atoms with Gasteiger partial charge in [-0.2, -0.15) is 0 Å². The summed E-state index contributed by atoms with van der Waals surface area (Å²) in [7, 11) is 0. The molecule has 0 spiro atoms. The fourth-order valence-electron chi connectivity index (χ4n) is 1.21. The summed E-state index contributed by atoms with van der Waals surface area (Å²) >= 11 is 7.37. The van der Waals surface area contributed by atoms with Crippen LogP contribution in [0.15, 0.2) is 24.1 Å². The first-order valence-corrected chi connectivity index (χ1v) is 5.76. The van der Waals surface area contributed by atoms with Crippen molar-refractivity contribution in [1.29, 1.82) is 0 Å². The third-order valence-corrected chi connectivity index (χ3v) is 2.99. The van der Waals surface area contributed by atoms with E-state index in [1.165, 1.54) is 0 Å². The van der Waals surface area contributed by atoms with Gasteiger partial charge in [-0.15, -0.1) is 17.9 Å². The van der Waals surface area contributed by atoms with Gasteiger partial charge in [0, 0.05) is 6.04 Å². The first kappa shape index (κ1) is 10.4. The number of anilines is 1. The molecule has 0 bridgehead atoms. The van der Waals surface area contributed by atoms with Crippen LogP contribution in [-0.2, 0) is 0 Å². The maximum atomic E-state index is 5.83. The Morgan fingerprint density at radius 3 is 3.13 bits per heavy atom. The van der Waals surface area contributed by atoms with Crippen LogP contribution in [0, 0.1) is 0 Å². The highest BCUT2D eigenvalue weighted by atomic mass is 35.5. The molecule has 2 aromatic rings. The smallest absolute Gasteiger partial charge is 0.225 e. The molecule has 0 fully saturated rings. The standard InChI is InChI=1S/C10H10ClN3S/c1-3-6(2)12-8-7-4-5-15-9(7)14-10(11)13-8/h3-6H,1H2,2H3,(H,12,13,14). The molecular weight excluding hydrogens is 230 g/mol. The molecule has 15 heavy (non-hydrogen) atoms. The van der Waals surface area contributed by atoms with Crippen molar-refractivity contribution in [3.8, 4) is 0 Å². The number of hydrogen-bond acceptors (Lipinski definition) is 4. The van der Waals surface area contributed by atoms with Crippen LogP contribution in [0.4, 0.5) is 5.82 Å². The average Bonchev–Trinajstić information content (AvgIpc) is 2.65. The zero-order chi connectivity index (χ0) is 10.8. The highest BCUT2D eigenvalue weighted by molar-refractivity contribution is 7.16. The molecule has 3 nitrogen and oxygen atoms in total. The van der Waals surface area contributed by atoms with Gasteiger partial charge in [0.05, 0.1) is 5.39 Å². The second kappa shape index (κ2) is 4.16. The van der Waals surface area contributed by atoms with Gasteiger partial charge >= 0.3 is 0 Å². The number of aromatic nitrogens is 2. The molecule has 1 unspecified atom stereocenters. The molecule has 0 aliphatic carbocycles. The Balaban J connectivity index is 2.48. The summed E-state index contributed by atoms with van der Waals surface area (Å²) in [5, 5.41) is 6.45. The van der Waals surface area contributed by atoms with E-state index < -0.39 is 0 Å². The number of nitrogens with one attached hydrogen (secondary N) is 1. The van der Waals surface area contributed by atoms with E-state index in [2.05, 4.69) is 21.9 Å². The van der Waals surface area contributed by atoms with Crippen LogP contribution in [0.25, 0.3) is 10.2 Å². The van der Waals surface area contributed by atoms with E-state index in [-0.39, 0.29) is 11.3 Å². The quantitative estimate of drug-likeness (QED) is 0.660. The number of fused-ring (bicyclic) bond motifs is 1. The molecule has 2 aromatic heterocycles. The van der Waals surface area contributed by atoms with Crippen molar-refractivity contribution in [3.63, 3.8) is 0 Å². The fraction of sp³-hybridized carbons (Fsp3) is 0.200. The Kier molecular flexibility index (Phi) is 2.88. The number of nitrogens with zero attached hydrogens (tertiary/aromatic N) is 2. The fourth-order valence-corrected chi connectivity index (χ4v) is 2.20. The molecule has 0 aliphatic heterocycles.